The largest absolute Gasteiger partial charge is 0.355 e. The quantitative estimate of drug-likeness (QED) is 0.452. The van der Waals surface area contributed by atoms with Crippen LogP contribution in [-0.2, 0) is 4.79 Å². The molecule has 7 heteroatoms. The van der Waals surface area contributed by atoms with E-state index in [-0.39, 0.29) is 11.8 Å². The molecule has 1 fully saturated rings. The van der Waals surface area contributed by atoms with E-state index in [0.29, 0.717) is 12.5 Å². The number of hydrogen-bond donors (Lipinski definition) is 1. The Morgan fingerprint density at radius 2 is 1.78 bits per heavy atom. The van der Waals surface area contributed by atoms with Crippen molar-refractivity contribution in [3.8, 4) is 0 Å². The number of hydrogen-bond acceptors (Lipinski definition) is 5. The minimum atomic E-state index is 0.0643. The summed E-state index contributed by atoms with van der Waals surface area (Å²) in [5, 5.41) is 12.8. The number of nitrogens with zero attached hydrogens (tertiary/aromatic N) is 3. The summed E-state index contributed by atoms with van der Waals surface area (Å²) in [5.41, 5.74) is 1.25. The van der Waals surface area contributed by atoms with E-state index in [0.717, 1.165) is 46.1 Å². The van der Waals surface area contributed by atoms with E-state index in [1.54, 1.807) is 11.8 Å². The maximum absolute atomic E-state index is 12.7. The molecule has 0 radical (unpaired) electrons. The summed E-state index contributed by atoms with van der Waals surface area (Å²) in [6.45, 7) is 4.46. The molecule has 5 nitrogen and oxygen atoms in total. The number of amides is 1. The van der Waals surface area contributed by atoms with Crippen molar-refractivity contribution in [2.45, 2.75) is 35.6 Å². The standard InChI is InChI=1S/C25H27BrN4OS/c1-18(19-5-3-2-4-6-19)17-27-25(31)20-13-15-30(16-14-20)23-11-12-24(29-28-23)32-22-9-7-21(26)8-10-22/h2-12,18,20H,13-17H2,1H3,(H,27,31). The lowest BCUT2D eigenvalue weighted by atomic mass is 9.95. The lowest BCUT2D eigenvalue weighted by Crippen LogP contribution is -2.41. The van der Waals surface area contributed by atoms with E-state index < -0.39 is 0 Å². The van der Waals surface area contributed by atoms with Crippen molar-refractivity contribution in [3.05, 3.63) is 76.8 Å². The van der Waals surface area contributed by atoms with E-state index in [4.69, 9.17) is 0 Å². The summed E-state index contributed by atoms with van der Waals surface area (Å²) in [6, 6.07) is 22.5. The van der Waals surface area contributed by atoms with Gasteiger partial charge < -0.3 is 10.2 Å². The highest BCUT2D eigenvalue weighted by Crippen LogP contribution is 2.28. The fraction of sp³-hybridized carbons (Fsp3) is 0.320. The molecule has 0 aliphatic carbocycles. The van der Waals surface area contributed by atoms with Gasteiger partial charge in [-0.3, -0.25) is 4.79 Å². The summed E-state index contributed by atoms with van der Waals surface area (Å²) in [4.78, 5) is 16.0. The summed E-state index contributed by atoms with van der Waals surface area (Å²) in [5.74, 6) is 1.42. The molecule has 3 aromatic rings. The SMILES string of the molecule is CC(CNC(=O)C1CCN(c2ccc(Sc3ccc(Br)cc3)nn2)CC1)c1ccccc1. The van der Waals surface area contributed by atoms with Gasteiger partial charge in [0.05, 0.1) is 0 Å². The second-order valence-corrected chi connectivity index (χ2v) is 10.1. The van der Waals surface area contributed by atoms with Crippen molar-refractivity contribution in [3.63, 3.8) is 0 Å². The summed E-state index contributed by atoms with van der Waals surface area (Å²) in [7, 11) is 0. The van der Waals surface area contributed by atoms with Crippen LogP contribution in [0, 0.1) is 5.92 Å². The molecule has 2 aromatic carbocycles. The van der Waals surface area contributed by atoms with Crippen LogP contribution in [0.1, 0.15) is 31.2 Å². The van der Waals surface area contributed by atoms with Crippen molar-refractivity contribution in [2.75, 3.05) is 24.5 Å². The minimum Gasteiger partial charge on any atom is -0.355 e. The first-order valence-electron chi connectivity index (χ1n) is 10.9. The Bertz CT molecular complexity index is 1010. The van der Waals surface area contributed by atoms with Gasteiger partial charge in [-0.2, -0.15) is 0 Å². The maximum Gasteiger partial charge on any atom is 0.223 e. The van der Waals surface area contributed by atoms with Crippen molar-refractivity contribution in [1.29, 1.82) is 0 Å². The zero-order valence-corrected chi connectivity index (χ0v) is 20.5. The van der Waals surface area contributed by atoms with Gasteiger partial charge in [0.15, 0.2) is 5.82 Å². The predicted molar refractivity (Wildman–Crippen MR) is 133 cm³/mol. The second kappa shape index (κ2) is 11.0. The van der Waals surface area contributed by atoms with Crippen LogP contribution in [0.2, 0.25) is 0 Å². The number of aromatic nitrogens is 2. The van der Waals surface area contributed by atoms with E-state index in [1.807, 2.05) is 42.5 Å². The number of benzene rings is 2. The van der Waals surface area contributed by atoms with Crippen molar-refractivity contribution in [2.24, 2.45) is 5.92 Å². The molecule has 0 bridgehead atoms. The first-order valence-corrected chi connectivity index (χ1v) is 12.5. The van der Waals surface area contributed by atoms with E-state index >= 15 is 0 Å². The molecular weight excluding hydrogens is 484 g/mol. The van der Waals surface area contributed by atoms with Gasteiger partial charge >= 0.3 is 0 Å². The van der Waals surface area contributed by atoms with Gasteiger partial charge in [0.25, 0.3) is 0 Å². The second-order valence-electron chi connectivity index (χ2n) is 8.10. The number of carbonyl (C=O) groups is 1. The molecule has 32 heavy (non-hydrogen) atoms. The van der Waals surface area contributed by atoms with E-state index in [1.165, 1.54) is 5.56 Å². The van der Waals surface area contributed by atoms with Gasteiger partial charge in [0.1, 0.15) is 5.03 Å². The molecule has 1 unspecified atom stereocenters. The Labute approximate surface area is 202 Å². The number of halogens is 1. The molecule has 1 amide bonds. The molecule has 166 valence electrons. The maximum atomic E-state index is 12.7. The van der Waals surface area contributed by atoms with Crippen molar-refractivity contribution < 1.29 is 4.79 Å². The fourth-order valence-electron chi connectivity index (χ4n) is 3.83. The van der Waals surface area contributed by atoms with Gasteiger partial charge in [-0.25, -0.2) is 0 Å². The Kier molecular flexibility index (Phi) is 7.81. The average Bonchev–Trinajstić information content (AvgIpc) is 2.85. The van der Waals surface area contributed by atoms with Crippen LogP contribution in [-0.4, -0.2) is 35.7 Å². The third-order valence-electron chi connectivity index (χ3n) is 5.80. The molecule has 0 saturated carbocycles. The number of nitrogens with one attached hydrogen (secondary N) is 1. The fourth-order valence-corrected chi connectivity index (χ4v) is 4.82. The third kappa shape index (κ3) is 6.11. The van der Waals surface area contributed by atoms with Crippen molar-refractivity contribution in [1.82, 2.24) is 15.5 Å². The zero-order valence-electron chi connectivity index (χ0n) is 18.1. The molecule has 1 atom stereocenters. The molecule has 4 rings (SSSR count). The topological polar surface area (TPSA) is 58.1 Å². The molecule has 1 aliphatic rings. The molecular formula is C25H27BrN4OS. The highest BCUT2D eigenvalue weighted by Gasteiger charge is 2.26. The monoisotopic (exact) mass is 510 g/mol. The van der Waals surface area contributed by atoms with Crippen LogP contribution in [0.4, 0.5) is 5.82 Å². The normalized spacial score (nSPS) is 15.4. The van der Waals surface area contributed by atoms with Crippen LogP contribution < -0.4 is 10.2 Å². The van der Waals surface area contributed by atoms with Gasteiger partial charge in [-0.1, -0.05) is 64.9 Å². The number of rotatable bonds is 7. The van der Waals surface area contributed by atoms with Crippen molar-refractivity contribution >= 4 is 39.4 Å². The lowest BCUT2D eigenvalue weighted by molar-refractivity contribution is -0.125. The molecule has 1 N–H and O–H groups in total. The highest BCUT2D eigenvalue weighted by atomic mass is 79.9. The van der Waals surface area contributed by atoms with Crippen LogP contribution in [0.25, 0.3) is 0 Å². The molecule has 0 spiro atoms. The van der Waals surface area contributed by atoms with Crippen LogP contribution >= 0.6 is 27.7 Å². The molecule has 2 heterocycles. The molecule has 1 aliphatic heterocycles. The smallest absolute Gasteiger partial charge is 0.223 e. The summed E-state index contributed by atoms with van der Waals surface area (Å²) >= 11 is 5.05. The van der Waals surface area contributed by atoms with E-state index in [2.05, 4.69) is 67.5 Å². The number of piperidine rings is 1. The summed E-state index contributed by atoms with van der Waals surface area (Å²) in [6.07, 6.45) is 1.67. The minimum absolute atomic E-state index is 0.0643. The Balaban J connectivity index is 1.24. The zero-order chi connectivity index (χ0) is 22.3. The van der Waals surface area contributed by atoms with Crippen LogP contribution in [0.5, 0.6) is 0 Å². The van der Waals surface area contributed by atoms with Gasteiger partial charge in [0.2, 0.25) is 5.91 Å². The Morgan fingerprint density at radius 1 is 1.06 bits per heavy atom. The van der Waals surface area contributed by atoms with Gasteiger partial charge in [-0.15, -0.1) is 10.2 Å². The number of carbonyl (C=O) groups excluding carboxylic acids is 1. The van der Waals surface area contributed by atoms with E-state index in [9.17, 15) is 4.79 Å². The van der Waals surface area contributed by atoms with Crippen LogP contribution in [0.15, 0.2) is 81.1 Å². The first kappa shape index (κ1) is 22.8. The Hall–Kier alpha value is -2.38. The number of anilines is 1. The first-order chi connectivity index (χ1) is 15.6. The van der Waals surface area contributed by atoms with Crippen LogP contribution in [0.3, 0.4) is 0 Å². The summed E-state index contributed by atoms with van der Waals surface area (Å²) < 4.78 is 1.06. The molecule has 1 aromatic heterocycles. The third-order valence-corrected chi connectivity index (χ3v) is 7.27. The lowest BCUT2D eigenvalue weighted by Gasteiger charge is -2.32. The molecule has 1 saturated heterocycles. The van der Waals surface area contributed by atoms with Gasteiger partial charge in [-0.05, 0) is 60.7 Å². The van der Waals surface area contributed by atoms with Gasteiger partial charge in [0, 0.05) is 34.9 Å². The average molecular weight is 511 g/mol. The predicted octanol–water partition coefficient (Wildman–Crippen LogP) is 5.53. The highest BCUT2D eigenvalue weighted by molar-refractivity contribution is 9.10. The Morgan fingerprint density at radius 3 is 2.44 bits per heavy atom.